The van der Waals surface area contributed by atoms with Crippen LogP contribution in [-0.4, -0.2) is 12.2 Å². The van der Waals surface area contributed by atoms with Gasteiger partial charge in [-0.05, 0) is 6.07 Å². The molecule has 78 valence electrons. The molecule has 0 aliphatic heterocycles. The molecule has 0 aromatic heterocycles. The van der Waals surface area contributed by atoms with E-state index in [0.29, 0.717) is 5.56 Å². The van der Waals surface area contributed by atoms with Crippen molar-refractivity contribution in [2.24, 2.45) is 0 Å². The molecule has 0 radical (unpaired) electrons. The lowest BCUT2D eigenvalue weighted by molar-refractivity contribution is 0.0148. The van der Waals surface area contributed by atoms with Crippen LogP contribution >= 0.6 is 0 Å². The van der Waals surface area contributed by atoms with Gasteiger partial charge in [-0.2, -0.15) is 0 Å². The fourth-order valence-corrected chi connectivity index (χ4v) is 1.30. The predicted molar refractivity (Wildman–Crippen MR) is 48.5 cm³/mol. The lowest BCUT2D eigenvalue weighted by Gasteiger charge is -2.16. The minimum atomic E-state index is -2.96. The molecule has 14 heavy (non-hydrogen) atoms. The molecule has 0 fully saturated rings. The standard InChI is InChI=1S/C10H12F2O2/c1-10(11,12)8-5-3-4-7(6-13)9(8)14-2/h3-5,13H,6H2,1-2H3. The van der Waals surface area contributed by atoms with Crippen LogP contribution in [0, 0.1) is 0 Å². The number of hydrogen-bond acceptors (Lipinski definition) is 2. The molecule has 0 aliphatic rings. The lowest BCUT2D eigenvalue weighted by Crippen LogP contribution is -2.10. The first-order chi connectivity index (χ1) is 6.50. The zero-order chi connectivity index (χ0) is 10.8. The van der Waals surface area contributed by atoms with E-state index in [1.807, 2.05) is 0 Å². The van der Waals surface area contributed by atoms with Crippen LogP contribution in [-0.2, 0) is 12.5 Å². The monoisotopic (exact) mass is 202 g/mol. The molecule has 1 aromatic carbocycles. The second-order valence-electron chi connectivity index (χ2n) is 3.04. The second-order valence-corrected chi connectivity index (χ2v) is 3.04. The first kappa shape index (κ1) is 10.9. The van der Waals surface area contributed by atoms with Crippen molar-refractivity contribution < 1.29 is 18.6 Å². The number of alkyl halides is 2. The number of hydrogen-bond donors (Lipinski definition) is 1. The summed E-state index contributed by atoms with van der Waals surface area (Å²) in [5, 5.41) is 8.91. The van der Waals surface area contributed by atoms with E-state index < -0.39 is 5.92 Å². The highest BCUT2D eigenvalue weighted by molar-refractivity contribution is 5.43. The Morgan fingerprint density at radius 2 is 2.07 bits per heavy atom. The van der Waals surface area contributed by atoms with E-state index in [-0.39, 0.29) is 17.9 Å². The quantitative estimate of drug-likeness (QED) is 0.814. The molecule has 1 rings (SSSR count). The van der Waals surface area contributed by atoms with E-state index in [1.54, 1.807) is 6.07 Å². The van der Waals surface area contributed by atoms with Gasteiger partial charge in [-0.1, -0.05) is 12.1 Å². The van der Waals surface area contributed by atoms with Gasteiger partial charge in [0, 0.05) is 12.5 Å². The molecular formula is C10H12F2O2. The molecule has 0 bridgehead atoms. The van der Waals surface area contributed by atoms with Gasteiger partial charge in [0.1, 0.15) is 5.75 Å². The van der Waals surface area contributed by atoms with Crippen molar-refractivity contribution in [1.29, 1.82) is 0 Å². The lowest BCUT2D eigenvalue weighted by atomic mass is 10.0. The molecule has 0 saturated heterocycles. The molecule has 2 nitrogen and oxygen atoms in total. The van der Waals surface area contributed by atoms with E-state index in [9.17, 15) is 8.78 Å². The second kappa shape index (κ2) is 3.92. The van der Waals surface area contributed by atoms with E-state index in [1.165, 1.54) is 19.2 Å². The van der Waals surface area contributed by atoms with Crippen LogP contribution in [0.5, 0.6) is 5.75 Å². The minimum absolute atomic E-state index is 0.0579. The third-order valence-corrected chi connectivity index (χ3v) is 1.94. The highest BCUT2D eigenvalue weighted by Gasteiger charge is 2.29. The summed E-state index contributed by atoms with van der Waals surface area (Å²) in [4.78, 5) is 0. The Hall–Kier alpha value is -1.16. The summed E-state index contributed by atoms with van der Waals surface area (Å²) in [5.41, 5.74) is 0.165. The van der Waals surface area contributed by atoms with E-state index in [0.717, 1.165) is 6.92 Å². The van der Waals surface area contributed by atoms with Crippen LogP contribution in [0.1, 0.15) is 18.1 Å². The van der Waals surface area contributed by atoms with Gasteiger partial charge in [0.15, 0.2) is 0 Å². The molecule has 1 N–H and O–H groups in total. The molecule has 0 amide bonds. The largest absolute Gasteiger partial charge is 0.496 e. The highest BCUT2D eigenvalue weighted by Crippen LogP contribution is 2.36. The number of aliphatic hydroxyl groups is 1. The van der Waals surface area contributed by atoms with Crippen LogP contribution in [0.25, 0.3) is 0 Å². The highest BCUT2D eigenvalue weighted by atomic mass is 19.3. The molecule has 0 unspecified atom stereocenters. The Labute approximate surface area is 81.1 Å². The SMILES string of the molecule is COc1c(CO)cccc1C(C)(F)F. The van der Waals surface area contributed by atoms with Crippen molar-refractivity contribution >= 4 is 0 Å². The third kappa shape index (κ3) is 2.01. The normalized spacial score (nSPS) is 11.5. The van der Waals surface area contributed by atoms with Crippen LogP contribution < -0.4 is 4.74 Å². The zero-order valence-electron chi connectivity index (χ0n) is 8.05. The van der Waals surface area contributed by atoms with Gasteiger partial charge in [0.2, 0.25) is 0 Å². The average Bonchev–Trinajstić information content (AvgIpc) is 2.15. The van der Waals surface area contributed by atoms with Crippen molar-refractivity contribution in [2.45, 2.75) is 19.5 Å². The first-order valence-corrected chi connectivity index (χ1v) is 4.15. The van der Waals surface area contributed by atoms with Crippen LogP contribution in [0.2, 0.25) is 0 Å². The van der Waals surface area contributed by atoms with Gasteiger partial charge in [-0.15, -0.1) is 0 Å². The van der Waals surface area contributed by atoms with E-state index in [4.69, 9.17) is 9.84 Å². The Kier molecular flexibility index (Phi) is 3.06. The van der Waals surface area contributed by atoms with Crippen molar-refractivity contribution in [1.82, 2.24) is 0 Å². The number of para-hydroxylation sites is 1. The number of benzene rings is 1. The van der Waals surface area contributed by atoms with Gasteiger partial charge >= 0.3 is 0 Å². The van der Waals surface area contributed by atoms with Gasteiger partial charge in [-0.25, -0.2) is 8.78 Å². The number of halogens is 2. The molecule has 0 atom stereocenters. The summed E-state index contributed by atoms with van der Waals surface area (Å²) < 4.78 is 31.0. The topological polar surface area (TPSA) is 29.5 Å². The fraction of sp³-hybridized carbons (Fsp3) is 0.400. The first-order valence-electron chi connectivity index (χ1n) is 4.15. The van der Waals surface area contributed by atoms with Crippen molar-refractivity contribution in [3.63, 3.8) is 0 Å². The average molecular weight is 202 g/mol. The number of aliphatic hydroxyl groups excluding tert-OH is 1. The Morgan fingerprint density at radius 3 is 2.50 bits per heavy atom. The summed E-state index contributed by atoms with van der Waals surface area (Å²) in [6.45, 7) is 0.485. The predicted octanol–water partition coefficient (Wildman–Crippen LogP) is 2.30. The molecule has 1 aromatic rings. The maximum absolute atomic E-state index is 13.1. The van der Waals surface area contributed by atoms with Crippen molar-refractivity contribution in [3.8, 4) is 5.75 Å². The van der Waals surface area contributed by atoms with E-state index in [2.05, 4.69) is 0 Å². The van der Waals surface area contributed by atoms with E-state index >= 15 is 0 Å². The Bertz CT molecular complexity index is 318. The van der Waals surface area contributed by atoms with Gasteiger partial charge < -0.3 is 9.84 Å². The molecule has 0 spiro atoms. The van der Waals surface area contributed by atoms with Crippen LogP contribution in [0.15, 0.2) is 18.2 Å². The number of methoxy groups -OCH3 is 1. The van der Waals surface area contributed by atoms with Gasteiger partial charge in [-0.3, -0.25) is 0 Å². The minimum Gasteiger partial charge on any atom is -0.496 e. The van der Waals surface area contributed by atoms with Crippen LogP contribution in [0.4, 0.5) is 8.78 Å². The van der Waals surface area contributed by atoms with Gasteiger partial charge in [0.25, 0.3) is 5.92 Å². The zero-order valence-corrected chi connectivity index (χ0v) is 8.05. The van der Waals surface area contributed by atoms with Crippen molar-refractivity contribution in [2.75, 3.05) is 7.11 Å². The summed E-state index contributed by atoms with van der Waals surface area (Å²) in [6, 6.07) is 4.31. The molecular weight excluding hydrogens is 190 g/mol. The molecule has 4 heteroatoms. The maximum atomic E-state index is 13.1. The maximum Gasteiger partial charge on any atom is 0.274 e. The summed E-state index contributed by atoms with van der Waals surface area (Å²) in [5.74, 6) is -2.90. The van der Waals surface area contributed by atoms with Crippen LogP contribution in [0.3, 0.4) is 0 Å². The molecule has 0 aliphatic carbocycles. The van der Waals surface area contributed by atoms with Crippen molar-refractivity contribution in [3.05, 3.63) is 29.3 Å². The molecule has 0 saturated carbocycles. The summed E-state index contributed by atoms with van der Waals surface area (Å²) in [7, 11) is 1.31. The summed E-state index contributed by atoms with van der Waals surface area (Å²) in [6.07, 6.45) is 0. The number of rotatable bonds is 3. The molecule has 0 heterocycles. The third-order valence-electron chi connectivity index (χ3n) is 1.94. The Balaban J connectivity index is 3.29. The summed E-state index contributed by atoms with van der Waals surface area (Å²) >= 11 is 0. The number of ether oxygens (including phenoxy) is 1. The van der Waals surface area contributed by atoms with Gasteiger partial charge in [0.05, 0.1) is 19.3 Å². The Morgan fingerprint density at radius 1 is 1.43 bits per heavy atom. The smallest absolute Gasteiger partial charge is 0.274 e. The fourth-order valence-electron chi connectivity index (χ4n) is 1.30.